The van der Waals surface area contributed by atoms with E-state index in [1.54, 1.807) is 19.4 Å². The molecule has 3 heterocycles. The van der Waals surface area contributed by atoms with Crippen molar-refractivity contribution >= 4 is 22.9 Å². The number of aromatic nitrogens is 3. The van der Waals surface area contributed by atoms with Crippen molar-refractivity contribution < 1.29 is 13.5 Å². The molecule has 25 heavy (non-hydrogen) atoms. The van der Waals surface area contributed by atoms with Crippen LogP contribution >= 0.6 is 0 Å². The molecule has 7 nitrogen and oxygen atoms in total. The number of hydrogen-bond acceptors (Lipinski definition) is 7. The van der Waals surface area contributed by atoms with Gasteiger partial charge in [0.25, 0.3) is 6.01 Å². The Kier molecular flexibility index (Phi) is 4.19. The van der Waals surface area contributed by atoms with E-state index in [4.69, 9.17) is 9.15 Å². The molecular weight excluding hydrogens is 325 g/mol. The van der Waals surface area contributed by atoms with Crippen molar-refractivity contribution in [2.75, 3.05) is 30.4 Å². The van der Waals surface area contributed by atoms with E-state index in [1.165, 1.54) is 18.5 Å². The first-order valence-corrected chi connectivity index (χ1v) is 8.08. The van der Waals surface area contributed by atoms with Gasteiger partial charge in [-0.1, -0.05) is 0 Å². The molecule has 0 bridgehead atoms. The summed E-state index contributed by atoms with van der Waals surface area (Å²) in [6.45, 7) is 1.37. The zero-order valence-corrected chi connectivity index (χ0v) is 13.7. The largest absolute Gasteiger partial charge is 0.424 e. The van der Waals surface area contributed by atoms with E-state index in [9.17, 15) is 4.39 Å². The molecule has 0 spiro atoms. The quantitative estimate of drug-likeness (QED) is 0.762. The van der Waals surface area contributed by atoms with Crippen molar-refractivity contribution in [3.63, 3.8) is 0 Å². The summed E-state index contributed by atoms with van der Waals surface area (Å²) in [5.74, 6) is 0.530. The van der Waals surface area contributed by atoms with E-state index in [2.05, 4.69) is 25.2 Å². The lowest BCUT2D eigenvalue weighted by atomic mass is 10.2. The van der Waals surface area contributed by atoms with Crippen molar-refractivity contribution in [1.29, 1.82) is 0 Å². The highest BCUT2D eigenvalue weighted by Gasteiger charge is 2.33. The van der Waals surface area contributed by atoms with Gasteiger partial charge in [-0.3, -0.25) is 0 Å². The predicted molar refractivity (Wildman–Crippen MR) is 91.0 cm³/mol. The third-order valence-electron chi connectivity index (χ3n) is 4.41. The molecule has 0 amide bonds. The van der Waals surface area contributed by atoms with Crippen LogP contribution in [0, 0.1) is 5.82 Å². The van der Waals surface area contributed by atoms with E-state index in [0.717, 1.165) is 18.8 Å². The van der Waals surface area contributed by atoms with Gasteiger partial charge in [0.05, 0.1) is 12.1 Å². The number of oxazole rings is 1. The number of fused-ring (bicyclic) bond motifs is 1. The standard InChI is InChI=1S/C17H18FN5O2/c1-24-13-7-12(23(9-13)16-4-5-19-10-21-16)8-20-17-22-14-6-11(18)2-3-15(14)25-17/h2-6,10,12-13H,7-9H2,1H3,(H,20,22)/t12-,13-/m1/s1. The van der Waals surface area contributed by atoms with Gasteiger partial charge in [-0.15, -0.1) is 0 Å². The Bertz CT molecular complexity index is 857. The minimum absolute atomic E-state index is 0.138. The second-order valence-corrected chi connectivity index (χ2v) is 5.98. The van der Waals surface area contributed by atoms with Crippen molar-refractivity contribution in [1.82, 2.24) is 15.0 Å². The van der Waals surface area contributed by atoms with Crippen LogP contribution in [0.15, 0.2) is 41.2 Å². The van der Waals surface area contributed by atoms with Crippen LogP contribution in [0.3, 0.4) is 0 Å². The predicted octanol–water partition coefficient (Wildman–Crippen LogP) is 2.46. The number of halogens is 1. The smallest absolute Gasteiger partial charge is 0.295 e. The van der Waals surface area contributed by atoms with Crippen molar-refractivity contribution in [3.8, 4) is 0 Å². The molecule has 0 saturated carbocycles. The number of anilines is 2. The molecule has 0 radical (unpaired) electrons. The molecule has 2 aromatic heterocycles. The van der Waals surface area contributed by atoms with Crippen LogP contribution in [0.25, 0.3) is 11.1 Å². The monoisotopic (exact) mass is 343 g/mol. The van der Waals surface area contributed by atoms with Crippen LogP contribution in [-0.4, -0.2) is 47.3 Å². The summed E-state index contributed by atoms with van der Waals surface area (Å²) in [5.41, 5.74) is 1.05. The number of methoxy groups -OCH3 is 1. The summed E-state index contributed by atoms with van der Waals surface area (Å²) >= 11 is 0. The van der Waals surface area contributed by atoms with E-state index in [0.29, 0.717) is 23.7 Å². The Morgan fingerprint density at radius 1 is 1.40 bits per heavy atom. The maximum Gasteiger partial charge on any atom is 0.295 e. The molecule has 1 aliphatic heterocycles. The molecule has 130 valence electrons. The minimum atomic E-state index is -0.332. The summed E-state index contributed by atoms with van der Waals surface area (Å²) in [5, 5.41) is 3.20. The number of hydrogen-bond donors (Lipinski definition) is 1. The maximum atomic E-state index is 13.3. The Morgan fingerprint density at radius 3 is 3.12 bits per heavy atom. The van der Waals surface area contributed by atoms with E-state index >= 15 is 0 Å². The second-order valence-electron chi connectivity index (χ2n) is 5.98. The summed E-state index contributed by atoms with van der Waals surface area (Å²) < 4.78 is 24.4. The molecule has 2 atom stereocenters. The van der Waals surface area contributed by atoms with Crippen LogP contribution in [-0.2, 0) is 4.74 Å². The Labute approximate surface area is 143 Å². The van der Waals surface area contributed by atoms with Crippen LogP contribution in [0.2, 0.25) is 0 Å². The topological polar surface area (TPSA) is 76.3 Å². The van der Waals surface area contributed by atoms with Gasteiger partial charge < -0.3 is 19.4 Å². The van der Waals surface area contributed by atoms with Crippen molar-refractivity contribution in [2.24, 2.45) is 0 Å². The molecule has 1 fully saturated rings. The first kappa shape index (κ1) is 15.8. The summed E-state index contributed by atoms with van der Waals surface area (Å²) in [7, 11) is 1.72. The van der Waals surface area contributed by atoms with Crippen molar-refractivity contribution in [3.05, 3.63) is 42.6 Å². The van der Waals surface area contributed by atoms with Gasteiger partial charge >= 0.3 is 0 Å². The fourth-order valence-electron chi connectivity index (χ4n) is 3.15. The van der Waals surface area contributed by atoms with E-state index in [-0.39, 0.29) is 18.0 Å². The Balaban J connectivity index is 1.49. The number of rotatable bonds is 5. The zero-order chi connectivity index (χ0) is 17.2. The summed E-state index contributed by atoms with van der Waals surface area (Å²) in [6.07, 6.45) is 4.26. The molecular formula is C17H18FN5O2. The maximum absolute atomic E-state index is 13.3. The molecule has 1 aliphatic rings. The van der Waals surface area contributed by atoms with E-state index < -0.39 is 0 Å². The number of ether oxygens (including phenoxy) is 1. The van der Waals surface area contributed by atoms with Gasteiger partial charge in [-0.25, -0.2) is 14.4 Å². The normalized spacial score (nSPS) is 20.3. The molecule has 1 saturated heterocycles. The molecule has 3 aromatic rings. The third-order valence-corrected chi connectivity index (χ3v) is 4.41. The van der Waals surface area contributed by atoms with Gasteiger partial charge in [-0.2, -0.15) is 4.98 Å². The van der Waals surface area contributed by atoms with Crippen LogP contribution < -0.4 is 10.2 Å². The van der Waals surface area contributed by atoms with Gasteiger partial charge in [-0.05, 0) is 24.6 Å². The van der Waals surface area contributed by atoms with Crippen LogP contribution in [0.4, 0.5) is 16.2 Å². The highest BCUT2D eigenvalue weighted by molar-refractivity contribution is 5.74. The van der Waals surface area contributed by atoms with E-state index in [1.807, 2.05) is 6.07 Å². The first-order valence-electron chi connectivity index (χ1n) is 8.08. The lowest BCUT2D eigenvalue weighted by Gasteiger charge is -2.25. The molecule has 0 aliphatic carbocycles. The average molecular weight is 343 g/mol. The Morgan fingerprint density at radius 2 is 2.32 bits per heavy atom. The van der Waals surface area contributed by atoms with Crippen LogP contribution in [0.5, 0.6) is 0 Å². The SMILES string of the molecule is CO[C@@H]1C[C@H](CNc2nc3cc(F)ccc3o2)N(c2ccncn2)C1. The lowest BCUT2D eigenvalue weighted by molar-refractivity contribution is 0.118. The fraction of sp³-hybridized carbons (Fsp3) is 0.353. The average Bonchev–Trinajstić information content (AvgIpc) is 3.23. The molecule has 1 aromatic carbocycles. The number of nitrogens with one attached hydrogen (secondary N) is 1. The van der Waals surface area contributed by atoms with Gasteiger partial charge in [0.1, 0.15) is 23.5 Å². The first-order chi connectivity index (χ1) is 12.2. The fourth-order valence-corrected chi connectivity index (χ4v) is 3.15. The van der Waals surface area contributed by atoms with Crippen molar-refractivity contribution in [2.45, 2.75) is 18.6 Å². The lowest BCUT2D eigenvalue weighted by Crippen LogP contribution is -2.35. The zero-order valence-electron chi connectivity index (χ0n) is 13.7. The highest BCUT2D eigenvalue weighted by Crippen LogP contribution is 2.26. The summed E-state index contributed by atoms with van der Waals surface area (Å²) in [6, 6.07) is 6.72. The summed E-state index contributed by atoms with van der Waals surface area (Å²) in [4.78, 5) is 14.8. The molecule has 0 unspecified atom stereocenters. The second kappa shape index (κ2) is 6.64. The van der Waals surface area contributed by atoms with Gasteiger partial charge in [0.15, 0.2) is 5.58 Å². The minimum Gasteiger partial charge on any atom is -0.424 e. The molecule has 1 N–H and O–H groups in total. The third kappa shape index (κ3) is 3.25. The number of benzene rings is 1. The Hall–Kier alpha value is -2.74. The van der Waals surface area contributed by atoms with Gasteiger partial charge in [0, 0.05) is 32.5 Å². The highest BCUT2D eigenvalue weighted by atomic mass is 19.1. The molecule has 4 rings (SSSR count). The van der Waals surface area contributed by atoms with Crippen LogP contribution in [0.1, 0.15) is 6.42 Å². The number of nitrogens with zero attached hydrogens (tertiary/aromatic N) is 4. The molecule has 8 heteroatoms. The van der Waals surface area contributed by atoms with Gasteiger partial charge in [0.2, 0.25) is 0 Å².